The Hall–Kier alpha value is -1.73. The van der Waals surface area contributed by atoms with Crippen molar-refractivity contribution in [1.82, 2.24) is 9.88 Å². The molecule has 0 spiro atoms. The van der Waals surface area contributed by atoms with Gasteiger partial charge in [-0.3, -0.25) is 0 Å². The number of rotatable bonds is 1. The average molecular weight is 370 g/mol. The fraction of sp³-hybridized carbons (Fsp3) is 0.647. The Balaban J connectivity index is 1.80. The van der Waals surface area contributed by atoms with Gasteiger partial charge in [-0.05, 0) is 26.8 Å². The van der Waals surface area contributed by atoms with E-state index in [4.69, 9.17) is 25.8 Å². The molecule has 138 valence electrons. The van der Waals surface area contributed by atoms with Crippen molar-refractivity contribution in [2.24, 2.45) is 0 Å². The Kier molecular flexibility index (Phi) is 5.24. The standard InChI is InChI=1S/C17H24ClN3O4/c1-17(2,3)25-16(22)21-6-9-24-15-12(11-21)10-13(18)14(19-15)20-4-7-23-8-5-20/h10H,4-9,11H2,1-3H3. The molecule has 1 aromatic rings. The molecule has 0 unspecified atom stereocenters. The Morgan fingerprint density at radius 3 is 2.64 bits per heavy atom. The summed E-state index contributed by atoms with van der Waals surface area (Å²) in [5.41, 5.74) is 0.244. The SMILES string of the molecule is CC(C)(C)OC(=O)N1CCOc2nc(N3CCOCC3)c(Cl)cc2C1. The first-order chi connectivity index (χ1) is 11.8. The van der Waals surface area contributed by atoms with Crippen LogP contribution in [0.1, 0.15) is 26.3 Å². The zero-order valence-electron chi connectivity index (χ0n) is 14.9. The first-order valence-electron chi connectivity index (χ1n) is 8.46. The number of morpholine rings is 1. The molecule has 2 aliphatic heterocycles. The number of hydrogen-bond donors (Lipinski definition) is 0. The molecule has 25 heavy (non-hydrogen) atoms. The molecule has 0 bridgehead atoms. The number of aromatic nitrogens is 1. The fourth-order valence-corrected chi connectivity index (χ4v) is 3.05. The smallest absolute Gasteiger partial charge is 0.410 e. The van der Waals surface area contributed by atoms with Crippen molar-refractivity contribution in [2.75, 3.05) is 44.4 Å². The maximum absolute atomic E-state index is 12.3. The summed E-state index contributed by atoms with van der Waals surface area (Å²) in [5, 5.41) is 0.551. The van der Waals surface area contributed by atoms with Crippen LogP contribution in [0.4, 0.5) is 10.6 Å². The molecule has 0 atom stereocenters. The van der Waals surface area contributed by atoms with Gasteiger partial charge in [0.15, 0.2) is 5.82 Å². The van der Waals surface area contributed by atoms with E-state index in [0.717, 1.165) is 18.7 Å². The number of hydrogen-bond acceptors (Lipinski definition) is 6. The monoisotopic (exact) mass is 369 g/mol. The molecule has 8 heteroatoms. The van der Waals surface area contributed by atoms with Gasteiger partial charge in [0.25, 0.3) is 0 Å². The molecule has 0 radical (unpaired) electrons. The summed E-state index contributed by atoms with van der Waals surface area (Å²) in [7, 11) is 0. The number of nitrogens with zero attached hydrogens (tertiary/aromatic N) is 3. The lowest BCUT2D eigenvalue weighted by Gasteiger charge is -2.29. The summed E-state index contributed by atoms with van der Waals surface area (Å²) < 4.78 is 16.6. The first-order valence-corrected chi connectivity index (χ1v) is 8.84. The molecule has 0 aromatic carbocycles. The minimum atomic E-state index is -0.539. The molecule has 0 N–H and O–H groups in total. The van der Waals surface area contributed by atoms with Crippen LogP contribution in [0.25, 0.3) is 0 Å². The van der Waals surface area contributed by atoms with E-state index in [9.17, 15) is 4.79 Å². The second-order valence-electron chi connectivity index (χ2n) is 7.11. The highest BCUT2D eigenvalue weighted by atomic mass is 35.5. The Morgan fingerprint density at radius 2 is 1.96 bits per heavy atom. The third kappa shape index (κ3) is 4.46. The van der Waals surface area contributed by atoms with Crippen LogP contribution in [0, 0.1) is 0 Å². The molecular formula is C17H24ClN3O4. The van der Waals surface area contributed by atoms with Gasteiger partial charge < -0.3 is 24.0 Å². The van der Waals surface area contributed by atoms with Crippen LogP contribution in [0.3, 0.4) is 0 Å². The fourth-order valence-electron chi connectivity index (χ4n) is 2.76. The number of pyridine rings is 1. The van der Waals surface area contributed by atoms with Gasteiger partial charge in [-0.1, -0.05) is 11.6 Å². The molecule has 0 saturated carbocycles. The lowest BCUT2D eigenvalue weighted by atomic mass is 10.2. The highest BCUT2D eigenvalue weighted by molar-refractivity contribution is 6.33. The van der Waals surface area contributed by atoms with Gasteiger partial charge in [-0.25, -0.2) is 4.79 Å². The molecule has 1 fully saturated rings. The van der Waals surface area contributed by atoms with Crippen LogP contribution in [0.5, 0.6) is 5.88 Å². The highest BCUT2D eigenvalue weighted by Gasteiger charge is 2.27. The average Bonchev–Trinajstić information content (AvgIpc) is 2.75. The lowest BCUT2D eigenvalue weighted by molar-refractivity contribution is 0.0225. The van der Waals surface area contributed by atoms with Crippen LogP contribution in [-0.4, -0.2) is 61.0 Å². The predicted octanol–water partition coefficient (Wildman–Crippen LogP) is 2.70. The number of ether oxygens (including phenoxy) is 3. The lowest BCUT2D eigenvalue weighted by Crippen LogP contribution is -2.37. The molecule has 1 aromatic heterocycles. The molecule has 1 saturated heterocycles. The summed E-state index contributed by atoms with van der Waals surface area (Å²) in [5.74, 6) is 1.23. The number of carbonyl (C=O) groups is 1. The minimum absolute atomic E-state index is 0.361. The van der Waals surface area contributed by atoms with Crippen molar-refractivity contribution < 1.29 is 19.0 Å². The zero-order valence-corrected chi connectivity index (χ0v) is 15.6. The highest BCUT2D eigenvalue weighted by Crippen LogP contribution is 2.32. The third-order valence-electron chi connectivity index (χ3n) is 3.92. The molecule has 7 nitrogen and oxygen atoms in total. The van der Waals surface area contributed by atoms with Crippen molar-refractivity contribution in [3.63, 3.8) is 0 Å². The van der Waals surface area contributed by atoms with Gasteiger partial charge in [0, 0.05) is 18.7 Å². The van der Waals surface area contributed by atoms with Gasteiger partial charge >= 0.3 is 6.09 Å². The molecule has 0 aliphatic carbocycles. The second-order valence-corrected chi connectivity index (χ2v) is 7.52. The topological polar surface area (TPSA) is 64.1 Å². The van der Waals surface area contributed by atoms with Crippen LogP contribution in [-0.2, 0) is 16.0 Å². The predicted molar refractivity (Wildman–Crippen MR) is 94.4 cm³/mol. The van der Waals surface area contributed by atoms with E-state index in [1.807, 2.05) is 26.8 Å². The summed E-state index contributed by atoms with van der Waals surface area (Å²) in [6, 6.07) is 1.83. The van der Waals surface area contributed by atoms with Crippen molar-refractivity contribution in [3.8, 4) is 5.88 Å². The normalized spacial score (nSPS) is 18.2. The summed E-state index contributed by atoms with van der Waals surface area (Å²) in [6.07, 6.45) is -0.364. The molecule has 3 rings (SSSR count). The summed E-state index contributed by atoms with van der Waals surface area (Å²) in [6.45, 7) is 9.51. The van der Waals surface area contributed by atoms with Crippen molar-refractivity contribution in [3.05, 3.63) is 16.7 Å². The number of fused-ring (bicyclic) bond motifs is 1. The second kappa shape index (κ2) is 7.25. The van der Waals surface area contributed by atoms with Crippen LogP contribution in [0.2, 0.25) is 5.02 Å². The molecule has 2 aliphatic rings. The number of carbonyl (C=O) groups excluding carboxylic acids is 1. The Labute approximate surface area is 152 Å². The first kappa shape index (κ1) is 18.1. The van der Waals surface area contributed by atoms with E-state index < -0.39 is 5.60 Å². The Morgan fingerprint density at radius 1 is 1.24 bits per heavy atom. The summed E-state index contributed by atoms with van der Waals surface area (Å²) >= 11 is 6.45. The Bertz CT molecular complexity index is 642. The van der Waals surface area contributed by atoms with E-state index in [1.165, 1.54) is 0 Å². The van der Waals surface area contributed by atoms with E-state index in [1.54, 1.807) is 4.90 Å². The van der Waals surface area contributed by atoms with Gasteiger partial charge in [-0.2, -0.15) is 4.98 Å². The molecular weight excluding hydrogens is 346 g/mol. The van der Waals surface area contributed by atoms with Gasteiger partial charge in [0.2, 0.25) is 5.88 Å². The van der Waals surface area contributed by atoms with Gasteiger partial charge in [-0.15, -0.1) is 0 Å². The largest absolute Gasteiger partial charge is 0.475 e. The van der Waals surface area contributed by atoms with Crippen LogP contribution < -0.4 is 9.64 Å². The van der Waals surface area contributed by atoms with Crippen LogP contribution >= 0.6 is 11.6 Å². The third-order valence-corrected chi connectivity index (χ3v) is 4.20. The number of amides is 1. The molecule has 3 heterocycles. The van der Waals surface area contributed by atoms with Crippen molar-refractivity contribution >= 4 is 23.5 Å². The summed E-state index contributed by atoms with van der Waals surface area (Å²) in [4.78, 5) is 20.7. The van der Waals surface area contributed by atoms with Crippen molar-refractivity contribution in [1.29, 1.82) is 0 Å². The van der Waals surface area contributed by atoms with E-state index >= 15 is 0 Å². The zero-order chi connectivity index (χ0) is 18.0. The van der Waals surface area contributed by atoms with Gasteiger partial charge in [0.1, 0.15) is 12.2 Å². The molecule has 1 amide bonds. The minimum Gasteiger partial charge on any atom is -0.475 e. The van der Waals surface area contributed by atoms with Crippen molar-refractivity contribution in [2.45, 2.75) is 32.9 Å². The van der Waals surface area contributed by atoms with E-state index in [0.29, 0.717) is 49.6 Å². The maximum atomic E-state index is 12.3. The van der Waals surface area contributed by atoms with Gasteiger partial charge in [0.05, 0.1) is 31.3 Å². The van der Waals surface area contributed by atoms with Crippen LogP contribution in [0.15, 0.2) is 6.07 Å². The maximum Gasteiger partial charge on any atom is 0.410 e. The number of anilines is 1. The number of halogens is 1. The van der Waals surface area contributed by atoms with E-state index in [2.05, 4.69) is 9.88 Å². The van der Waals surface area contributed by atoms with E-state index in [-0.39, 0.29) is 6.09 Å². The quantitative estimate of drug-likeness (QED) is 0.758.